The molecule has 0 aliphatic heterocycles. The third-order valence-electron chi connectivity index (χ3n) is 2.75. The lowest BCUT2D eigenvalue weighted by Crippen LogP contribution is -2.40. The molecule has 0 heterocycles. The van der Waals surface area contributed by atoms with Gasteiger partial charge in [0.2, 0.25) is 10.0 Å². The number of nitrogens with one attached hydrogen (secondary N) is 1. The van der Waals surface area contributed by atoms with Gasteiger partial charge in [0, 0.05) is 0 Å². The molecular formula is C14H19NO5S. The summed E-state index contributed by atoms with van der Waals surface area (Å²) >= 11 is 0. The van der Waals surface area contributed by atoms with E-state index in [4.69, 9.17) is 9.84 Å². The fraction of sp³-hybridized carbons (Fsp3) is 0.357. The summed E-state index contributed by atoms with van der Waals surface area (Å²) < 4.78 is 31.9. The van der Waals surface area contributed by atoms with E-state index in [0.29, 0.717) is 17.9 Å². The second kappa shape index (κ2) is 7.24. The van der Waals surface area contributed by atoms with Gasteiger partial charge in [0.25, 0.3) is 0 Å². The third kappa shape index (κ3) is 4.57. The number of hydrogen-bond donors (Lipinski definition) is 2. The molecule has 0 saturated heterocycles. The topological polar surface area (TPSA) is 92.7 Å². The first kappa shape index (κ1) is 17.2. The fourth-order valence-electron chi connectivity index (χ4n) is 1.73. The van der Waals surface area contributed by atoms with Gasteiger partial charge in [-0.15, -0.1) is 6.58 Å². The Balaban J connectivity index is 3.04. The van der Waals surface area contributed by atoms with Crippen LogP contribution in [0.5, 0.6) is 5.75 Å². The number of aliphatic carboxylic acids is 1. The van der Waals surface area contributed by atoms with E-state index in [2.05, 4.69) is 11.3 Å². The Labute approximate surface area is 124 Å². The van der Waals surface area contributed by atoms with Crippen molar-refractivity contribution in [3.63, 3.8) is 0 Å². The predicted molar refractivity (Wildman–Crippen MR) is 78.9 cm³/mol. The number of ether oxygens (including phenoxy) is 1. The number of carbonyl (C=O) groups is 1. The standard InChI is InChI=1S/C14H19NO5S/c1-4-6-12(14(16)17)15-21(18,19)11-7-8-13(20-5-2)10(3)9-11/h4,7-9,12,15H,1,5-6H2,2-3H3,(H,16,17). The van der Waals surface area contributed by atoms with Gasteiger partial charge < -0.3 is 9.84 Å². The molecule has 0 amide bonds. The van der Waals surface area contributed by atoms with Crippen molar-refractivity contribution in [2.45, 2.75) is 31.2 Å². The number of carboxylic acids is 1. The van der Waals surface area contributed by atoms with Crippen molar-refractivity contribution < 1.29 is 23.1 Å². The molecule has 0 bridgehead atoms. The Kier molecular flexibility index (Phi) is 5.92. The molecule has 1 aromatic carbocycles. The summed E-state index contributed by atoms with van der Waals surface area (Å²) in [5, 5.41) is 8.99. The molecule has 1 aromatic rings. The van der Waals surface area contributed by atoms with Gasteiger partial charge in [0.1, 0.15) is 11.8 Å². The molecule has 0 fully saturated rings. The maximum Gasteiger partial charge on any atom is 0.322 e. The molecule has 21 heavy (non-hydrogen) atoms. The molecule has 7 heteroatoms. The Hall–Kier alpha value is -1.86. The molecule has 116 valence electrons. The van der Waals surface area contributed by atoms with Gasteiger partial charge in [-0.25, -0.2) is 8.42 Å². The van der Waals surface area contributed by atoms with E-state index < -0.39 is 22.0 Å². The quantitative estimate of drug-likeness (QED) is 0.713. The summed E-state index contributed by atoms with van der Waals surface area (Å²) in [6, 6.07) is 3.14. The van der Waals surface area contributed by atoms with E-state index >= 15 is 0 Å². The lowest BCUT2D eigenvalue weighted by atomic mass is 10.2. The number of hydrogen-bond acceptors (Lipinski definition) is 4. The molecule has 0 saturated carbocycles. The average molecular weight is 313 g/mol. The van der Waals surface area contributed by atoms with Gasteiger partial charge >= 0.3 is 5.97 Å². The van der Waals surface area contributed by atoms with Gasteiger partial charge in [0.05, 0.1) is 11.5 Å². The maximum absolute atomic E-state index is 12.2. The second-order valence-electron chi connectivity index (χ2n) is 4.40. The van der Waals surface area contributed by atoms with Crippen molar-refractivity contribution in [1.29, 1.82) is 0 Å². The van der Waals surface area contributed by atoms with Crippen LogP contribution in [0.1, 0.15) is 18.9 Å². The number of sulfonamides is 1. The molecule has 6 nitrogen and oxygen atoms in total. The fourth-order valence-corrected chi connectivity index (χ4v) is 3.01. The van der Waals surface area contributed by atoms with Gasteiger partial charge in [-0.1, -0.05) is 6.08 Å². The number of benzene rings is 1. The Morgan fingerprint density at radius 1 is 1.52 bits per heavy atom. The summed E-state index contributed by atoms with van der Waals surface area (Å²) in [5.41, 5.74) is 0.662. The Bertz CT molecular complexity index is 624. The normalized spacial score (nSPS) is 12.7. The van der Waals surface area contributed by atoms with Crippen LogP contribution in [-0.4, -0.2) is 32.1 Å². The summed E-state index contributed by atoms with van der Waals surface area (Å²) in [6.07, 6.45) is 1.36. The minimum atomic E-state index is -3.92. The molecule has 0 aliphatic carbocycles. The first-order chi connectivity index (χ1) is 9.81. The van der Waals surface area contributed by atoms with Crippen LogP contribution >= 0.6 is 0 Å². The van der Waals surface area contributed by atoms with E-state index in [-0.39, 0.29) is 11.3 Å². The third-order valence-corrected chi connectivity index (χ3v) is 4.22. The maximum atomic E-state index is 12.2. The average Bonchev–Trinajstić information content (AvgIpc) is 2.40. The van der Waals surface area contributed by atoms with Crippen LogP contribution < -0.4 is 9.46 Å². The SMILES string of the molecule is C=CCC(NS(=O)(=O)c1ccc(OCC)c(C)c1)C(=O)O. The summed E-state index contributed by atoms with van der Waals surface area (Å²) in [6.45, 7) is 7.45. The first-order valence-electron chi connectivity index (χ1n) is 6.41. The molecular weight excluding hydrogens is 294 g/mol. The molecule has 0 aliphatic rings. The van der Waals surface area contributed by atoms with Gasteiger partial charge in [-0.3, -0.25) is 4.79 Å². The van der Waals surface area contributed by atoms with Gasteiger partial charge in [0.15, 0.2) is 0 Å². The van der Waals surface area contributed by atoms with E-state index in [9.17, 15) is 13.2 Å². The van der Waals surface area contributed by atoms with Crippen LogP contribution in [-0.2, 0) is 14.8 Å². The Morgan fingerprint density at radius 2 is 2.19 bits per heavy atom. The highest BCUT2D eigenvalue weighted by atomic mass is 32.2. The van der Waals surface area contributed by atoms with Crippen LogP contribution in [0.2, 0.25) is 0 Å². The minimum absolute atomic E-state index is 0.00114. The van der Waals surface area contributed by atoms with E-state index in [1.165, 1.54) is 18.2 Å². The monoisotopic (exact) mass is 313 g/mol. The molecule has 0 radical (unpaired) electrons. The smallest absolute Gasteiger partial charge is 0.322 e. The zero-order valence-corrected chi connectivity index (χ0v) is 12.8. The van der Waals surface area contributed by atoms with Gasteiger partial charge in [-0.05, 0) is 44.0 Å². The molecule has 1 atom stereocenters. The van der Waals surface area contributed by atoms with Crippen molar-refractivity contribution in [3.05, 3.63) is 36.4 Å². The van der Waals surface area contributed by atoms with Crippen molar-refractivity contribution >= 4 is 16.0 Å². The summed E-state index contributed by atoms with van der Waals surface area (Å²) in [4.78, 5) is 11.0. The Morgan fingerprint density at radius 3 is 2.67 bits per heavy atom. The lowest BCUT2D eigenvalue weighted by Gasteiger charge is -2.14. The van der Waals surface area contributed by atoms with Crippen LogP contribution in [0.15, 0.2) is 35.7 Å². The largest absolute Gasteiger partial charge is 0.494 e. The second-order valence-corrected chi connectivity index (χ2v) is 6.11. The van der Waals surface area contributed by atoms with Crippen LogP contribution in [0.3, 0.4) is 0 Å². The molecule has 1 unspecified atom stereocenters. The van der Waals surface area contributed by atoms with Crippen molar-refractivity contribution in [1.82, 2.24) is 4.72 Å². The highest BCUT2D eigenvalue weighted by molar-refractivity contribution is 7.89. The first-order valence-corrected chi connectivity index (χ1v) is 7.89. The molecule has 1 rings (SSSR count). The predicted octanol–water partition coefficient (Wildman–Crippen LogP) is 1.70. The van der Waals surface area contributed by atoms with Crippen molar-refractivity contribution in [3.8, 4) is 5.75 Å². The highest BCUT2D eigenvalue weighted by Crippen LogP contribution is 2.22. The molecule has 2 N–H and O–H groups in total. The van der Waals surface area contributed by atoms with Crippen molar-refractivity contribution in [2.75, 3.05) is 6.61 Å². The lowest BCUT2D eigenvalue weighted by molar-refractivity contribution is -0.138. The van der Waals surface area contributed by atoms with Crippen LogP contribution in [0, 0.1) is 6.92 Å². The number of carboxylic acid groups (broad SMARTS) is 1. The number of rotatable bonds is 8. The molecule has 0 aromatic heterocycles. The summed E-state index contributed by atoms with van der Waals surface area (Å²) in [7, 11) is -3.92. The van der Waals surface area contributed by atoms with E-state index in [1.54, 1.807) is 13.0 Å². The van der Waals surface area contributed by atoms with E-state index in [1.807, 2.05) is 6.92 Å². The zero-order chi connectivity index (χ0) is 16.0. The minimum Gasteiger partial charge on any atom is -0.494 e. The van der Waals surface area contributed by atoms with Crippen molar-refractivity contribution in [2.24, 2.45) is 0 Å². The van der Waals surface area contributed by atoms with Gasteiger partial charge in [-0.2, -0.15) is 4.72 Å². The molecule has 0 spiro atoms. The summed E-state index contributed by atoms with van der Waals surface area (Å²) in [5.74, 6) is -0.654. The zero-order valence-electron chi connectivity index (χ0n) is 12.0. The highest BCUT2D eigenvalue weighted by Gasteiger charge is 2.24. The van der Waals surface area contributed by atoms with E-state index in [0.717, 1.165) is 0 Å². The van der Waals surface area contributed by atoms with Crippen LogP contribution in [0.25, 0.3) is 0 Å². The van der Waals surface area contributed by atoms with Crippen LogP contribution in [0.4, 0.5) is 0 Å². The number of aryl methyl sites for hydroxylation is 1.